The predicted molar refractivity (Wildman–Crippen MR) is 223 cm³/mol. The van der Waals surface area contributed by atoms with Crippen molar-refractivity contribution in [2.75, 3.05) is 0 Å². The summed E-state index contributed by atoms with van der Waals surface area (Å²) in [5.74, 6) is 0.679. The maximum Gasteiger partial charge on any atom is 0.328 e. The summed E-state index contributed by atoms with van der Waals surface area (Å²) in [7, 11) is 3.62. The predicted octanol–water partition coefficient (Wildman–Crippen LogP) is 11.5. The minimum Gasteiger partial charge on any atom is -0.295 e. The van der Waals surface area contributed by atoms with Crippen LogP contribution in [0.2, 0.25) is 0 Å². The molecule has 10 aromatic rings. The highest BCUT2D eigenvalue weighted by Crippen LogP contribution is 2.40. The van der Waals surface area contributed by atoms with Gasteiger partial charge in [-0.1, -0.05) is 146 Å². The van der Waals surface area contributed by atoms with Crippen LogP contribution in [-0.2, 0) is 14.1 Å². The zero-order valence-corrected chi connectivity index (χ0v) is 29.9. The molecule has 8 aromatic carbocycles. The van der Waals surface area contributed by atoms with Crippen LogP contribution < -0.4 is 5.69 Å². The van der Waals surface area contributed by atoms with Crippen molar-refractivity contribution < 1.29 is 0 Å². The minimum atomic E-state index is -0.0308. The molecule has 0 N–H and O–H groups in total. The maximum atomic E-state index is 12.5. The Hall–Kier alpha value is -7.11. The number of aromatic nitrogens is 4. The van der Waals surface area contributed by atoms with Gasteiger partial charge in [0.25, 0.3) is 0 Å². The van der Waals surface area contributed by atoms with Gasteiger partial charge < -0.3 is 0 Å². The van der Waals surface area contributed by atoms with Gasteiger partial charge in [-0.15, -0.1) is 0 Å². The Morgan fingerprint density at radius 2 is 0.963 bits per heavy atom. The van der Waals surface area contributed by atoms with Crippen LogP contribution in [0.15, 0.2) is 175 Å². The highest BCUT2D eigenvalue weighted by Gasteiger charge is 2.15. The van der Waals surface area contributed by atoms with E-state index in [1.165, 1.54) is 37.9 Å². The van der Waals surface area contributed by atoms with Crippen LogP contribution in [0.5, 0.6) is 0 Å². The van der Waals surface area contributed by atoms with E-state index in [1.807, 2.05) is 31.3 Å². The van der Waals surface area contributed by atoms with Crippen molar-refractivity contribution in [1.29, 1.82) is 0 Å². The van der Waals surface area contributed by atoms with Crippen molar-refractivity contribution in [2.24, 2.45) is 14.1 Å². The first-order valence-electron chi connectivity index (χ1n) is 18.1. The lowest BCUT2D eigenvalue weighted by Gasteiger charge is -2.15. The number of rotatable bonds is 5. The van der Waals surface area contributed by atoms with E-state index in [0.29, 0.717) is 5.82 Å². The second-order valence-corrected chi connectivity index (χ2v) is 13.9. The van der Waals surface area contributed by atoms with Crippen LogP contribution in [-0.4, -0.2) is 19.1 Å². The van der Waals surface area contributed by atoms with Crippen LogP contribution in [0.4, 0.5) is 0 Å². The number of benzene rings is 8. The topological polar surface area (TPSA) is 52.7 Å². The molecule has 0 atom stereocenters. The van der Waals surface area contributed by atoms with Gasteiger partial charge >= 0.3 is 5.69 Å². The fourth-order valence-corrected chi connectivity index (χ4v) is 7.92. The second kappa shape index (κ2) is 12.5. The Balaban J connectivity index is 1.06. The number of hydrogen-bond donors (Lipinski definition) is 0. The third-order valence-corrected chi connectivity index (χ3v) is 10.8. The summed E-state index contributed by atoms with van der Waals surface area (Å²) in [4.78, 5) is 22.7. The molecule has 5 heteroatoms. The third-order valence-electron chi connectivity index (χ3n) is 10.8. The van der Waals surface area contributed by atoms with E-state index in [-0.39, 0.29) is 5.69 Å². The molecule has 0 radical (unpaired) electrons. The van der Waals surface area contributed by atoms with Crippen molar-refractivity contribution >= 4 is 43.4 Å². The second-order valence-electron chi connectivity index (χ2n) is 13.9. The van der Waals surface area contributed by atoms with Crippen molar-refractivity contribution in [3.05, 3.63) is 180 Å². The summed E-state index contributed by atoms with van der Waals surface area (Å²) in [6, 6.07) is 59.8. The number of aryl methyl sites for hydroxylation is 2. The fourth-order valence-electron chi connectivity index (χ4n) is 7.92. The summed E-state index contributed by atoms with van der Waals surface area (Å²) in [5.41, 5.74) is 11.0. The van der Waals surface area contributed by atoms with E-state index in [4.69, 9.17) is 9.97 Å². The van der Waals surface area contributed by atoms with Crippen LogP contribution in [0.25, 0.3) is 99.5 Å². The SMILES string of the molecule is Cn1c(=O)n(C)c2cc(-c3ccc(-c4cc(-c5ccc(-c6c7ccccc7cc7c6ccc6ccccc67)cc5)nc(-c5ccccc5)n4)cc3)ccc21. The lowest BCUT2D eigenvalue weighted by Crippen LogP contribution is -2.19. The molecule has 0 saturated carbocycles. The smallest absolute Gasteiger partial charge is 0.295 e. The molecular weight excluding hydrogens is 661 g/mol. The Morgan fingerprint density at radius 1 is 0.389 bits per heavy atom. The lowest BCUT2D eigenvalue weighted by molar-refractivity contribution is 0.795. The highest BCUT2D eigenvalue weighted by atomic mass is 16.1. The Kier molecular flexibility index (Phi) is 7.34. The first-order chi connectivity index (χ1) is 26.5. The molecule has 2 heterocycles. The van der Waals surface area contributed by atoms with Crippen molar-refractivity contribution in [3.8, 4) is 56.2 Å². The zero-order chi connectivity index (χ0) is 36.3. The van der Waals surface area contributed by atoms with Crippen molar-refractivity contribution in [3.63, 3.8) is 0 Å². The van der Waals surface area contributed by atoms with Crippen molar-refractivity contribution in [1.82, 2.24) is 19.1 Å². The molecule has 0 bridgehead atoms. The van der Waals surface area contributed by atoms with Crippen LogP contribution in [0.1, 0.15) is 0 Å². The lowest BCUT2D eigenvalue weighted by atomic mass is 9.89. The van der Waals surface area contributed by atoms with Crippen LogP contribution in [0.3, 0.4) is 0 Å². The monoisotopic (exact) mass is 694 g/mol. The molecule has 5 nitrogen and oxygen atoms in total. The molecule has 0 spiro atoms. The molecule has 0 unspecified atom stereocenters. The van der Waals surface area contributed by atoms with Gasteiger partial charge in [0.05, 0.1) is 22.4 Å². The molecular formula is C49H34N4O. The number of imidazole rings is 1. The summed E-state index contributed by atoms with van der Waals surface area (Å²) < 4.78 is 3.37. The molecule has 2 aromatic heterocycles. The Morgan fingerprint density at radius 3 is 1.69 bits per heavy atom. The van der Waals surface area contributed by atoms with Gasteiger partial charge in [-0.3, -0.25) is 9.13 Å². The van der Waals surface area contributed by atoms with Gasteiger partial charge in [-0.25, -0.2) is 14.8 Å². The number of fused-ring (bicyclic) bond motifs is 5. The molecule has 0 fully saturated rings. The average molecular weight is 695 g/mol. The van der Waals surface area contributed by atoms with Gasteiger partial charge in [0.1, 0.15) is 0 Å². The fraction of sp³-hybridized carbons (Fsp3) is 0.0408. The van der Waals surface area contributed by atoms with Crippen LogP contribution >= 0.6 is 0 Å². The van der Waals surface area contributed by atoms with Gasteiger partial charge in [0.15, 0.2) is 5.82 Å². The van der Waals surface area contributed by atoms with Gasteiger partial charge in [0, 0.05) is 30.8 Å². The summed E-state index contributed by atoms with van der Waals surface area (Å²) in [5, 5.41) is 7.47. The van der Waals surface area contributed by atoms with Gasteiger partial charge in [0.2, 0.25) is 0 Å². The van der Waals surface area contributed by atoms with E-state index in [2.05, 4.69) is 146 Å². The van der Waals surface area contributed by atoms with E-state index in [0.717, 1.165) is 55.8 Å². The Bertz CT molecular complexity index is 3120. The Labute approximate surface area is 312 Å². The molecule has 10 rings (SSSR count). The van der Waals surface area contributed by atoms with E-state index in [1.54, 1.807) is 16.2 Å². The minimum absolute atomic E-state index is 0.0308. The zero-order valence-electron chi connectivity index (χ0n) is 29.9. The quantitative estimate of drug-likeness (QED) is 0.133. The van der Waals surface area contributed by atoms with E-state index in [9.17, 15) is 4.79 Å². The van der Waals surface area contributed by atoms with E-state index >= 15 is 0 Å². The van der Waals surface area contributed by atoms with Gasteiger partial charge in [-0.05, 0) is 78.8 Å². The summed E-state index contributed by atoms with van der Waals surface area (Å²) >= 11 is 0. The maximum absolute atomic E-state index is 12.5. The molecule has 0 aliphatic heterocycles. The third kappa shape index (κ3) is 5.21. The molecule has 256 valence electrons. The first kappa shape index (κ1) is 31.6. The molecule has 0 saturated heterocycles. The first-order valence-corrected chi connectivity index (χ1v) is 18.1. The molecule has 0 amide bonds. The van der Waals surface area contributed by atoms with Gasteiger partial charge in [-0.2, -0.15) is 0 Å². The molecule has 0 aliphatic rings. The largest absolute Gasteiger partial charge is 0.328 e. The molecule has 0 aliphatic carbocycles. The normalized spacial score (nSPS) is 11.6. The summed E-state index contributed by atoms with van der Waals surface area (Å²) in [6.45, 7) is 0. The molecule has 54 heavy (non-hydrogen) atoms. The highest BCUT2D eigenvalue weighted by molar-refractivity contribution is 6.20. The standard InChI is InChI=1S/C49H34N4O/c1-52-45-27-25-37(29-46(45)53(2)49(52)54)31-16-18-33(19-17-31)43-30-44(51-48(50-43)36-11-4-3-5-12-36)34-20-22-35(23-21-34)47-40-15-9-7-13-38(40)28-42-39-14-8-6-10-32(39)24-26-41(42)47/h3-30H,1-2H3. The van der Waals surface area contributed by atoms with Crippen molar-refractivity contribution in [2.45, 2.75) is 0 Å². The van der Waals surface area contributed by atoms with E-state index < -0.39 is 0 Å². The summed E-state index contributed by atoms with van der Waals surface area (Å²) in [6.07, 6.45) is 0. The number of hydrogen-bond acceptors (Lipinski definition) is 3. The van der Waals surface area contributed by atoms with Crippen LogP contribution in [0, 0.1) is 0 Å². The average Bonchev–Trinajstić information content (AvgIpc) is 3.45. The number of nitrogens with zero attached hydrogens (tertiary/aromatic N) is 4.